The minimum Gasteiger partial charge on any atom is -0.294 e. The molecule has 0 radical (unpaired) electrons. The molecule has 1 aliphatic heterocycles. The van der Waals surface area contributed by atoms with E-state index in [-0.39, 0.29) is 23.0 Å². The number of rotatable bonds is 3. The number of amides is 1. The molecule has 0 bridgehead atoms. The Balaban J connectivity index is 2.68. The third kappa shape index (κ3) is 3.52. The second-order valence-electron chi connectivity index (χ2n) is 7.35. The van der Waals surface area contributed by atoms with Gasteiger partial charge in [-0.15, -0.1) is 0 Å². The van der Waals surface area contributed by atoms with Gasteiger partial charge in [-0.3, -0.25) is 9.59 Å². The number of nitrogens with one attached hydrogen (secondary N) is 1. The number of hydrogen-bond donors (Lipinski definition) is 1. The third-order valence-corrected chi connectivity index (χ3v) is 4.32. The van der Waals surface area contributed by atoms with Crippen LogP contribution < -0.4 is 5.43 Å². The SMILES string of the molecule is CCc1cc(C2=NNC(=O)CC2C)cc(C(C)(C)C)c1C(C)=O. The highest BCUT2D eigenvalue weighted by Crippen LogP contribution is 2.32. The van der Waals surface area contributed by atoms with Crippen LogP contribution in [0.2, 0.25) is 0 Å². The monoisotopic (exact) mass is 314 g/mol. The number of hydrogen-bond acceptors (Lipinski definition) is 3. The molecule has 0 aromatic heterocycles. The minimum absolute atomic E-state index is 0.0478. The standard InChI is InChI=1S/C19H26N2O2/c1-7-13-9-14(18-11(2)8-16(23)20-21-18)10-15(19(4,5)6)17(13)12(3)22/h9-11H,7-8H2,1-6H3,(H,20,23). The van der Waals surface area contributed by atoms with Gasteiger partial charge in [-0.2, -0.15) is 5.10 Å². The van der Waals surface area contributed by atoms with Gasteiger partial charge in [0.15, 0.2) is 5.78 Å². The van der Waals surface area contributed by atoms with Gasteiger partial charge in [0, 0.05) is 17.9 Å². The second kappa shape index (κ2) is 6.26. The average molecular weight is 314 g/mol. The molecule has 1 aromatic carbocycles. The molecule has 1 heterocycles. The van der Waals surface area contributed by atoms with Crippen LogP contribution in [-0.2, 0) is 16.6 Å². The summed E-state index contributed by atoms with van der Waals surface area (Å²) < 4.78 is 0. The van der Waals surface area contributed by atoms with E-state index in [1.54, 1.807) is 6.92 Å². The molecule has 1 unspecified atom stereocenters. The normalized spacial score (nSPS) is 18.4. The van der Waals surface area contributed by atoms with Gasteiger partial charge in [-0.05, 0) is 47.6 Å². The maximum atomic E-state index is 12.2. The van der Waals surface area contributed by atoms with E-state index in [0.29, 0.717) is 6.42 Å². The predicted molar refractivity (Wildman–Crippen MR) is 93.0 cm³/mol. The molecule has 4 heteroatoms. The Hall–Kier alpha value is -1.97. The van der Waals surface area contributed by atoms with Crippen molar-refractivity contribution in [1.29, 1.82) is 0 Å². The van der Waals surface area contributed by atoms with Crippen LogP contribution in [0, 0.1) is 5.92 Å². The largest absolute Gasteiger partial charge is 0.294 e. The number of aryl methyl sites for hydroxylation is 1. The van der Waals surface area contributed by atoms with Crippen LogP contribution in [0.4, 0.5) is 0 Å². The summed E-state index contributed by atoms with van der Waals surface area (Å²) in [6.45, 7) is 12.1. The minimum atomic E-state index is -0.136. The lowest BCUT2D eigenvalue weighted by Crippen LogP contribution is -2.32. The quantitative estimate of drug-likeness (QED) is 0.866. The molecule has 1 amide bonds. The van der Waals surface area contributed by atoms with Crippen LogP contribution in [0.3, 0.4) is 0 Å². The van der Waals surface area contributed by atoms with E-state index in [1.807, 2.05) is 6.92 Å². The van der Waals surface area contributed by atoms with Gasteiger partial charge in [-0.25, -0.2) is 5.43 Å². The van der Waals surface area contributed by atoms with E-state index in [4.69, 9.17) is 0 Å². The average Bonchev–Trinajstić information content (AvgIpc) is 2.44. The zero-order chi connectivity index (χ0) is 17.4. The van der Waals surface area contributed by atoms with E-state index >= 15 is 0 Å². The Bertz CT molecular complexity index is 681. The van der Waals surface area contributed by atoms with Gasteiger partial charge >= 0.3 is 0 Å². The number of Topliss-reactive ketones (excluding diaryl/α,β-unsaturated/α-hetero) is 1. The summed E-state index contributed by atoms with van der Waals surface area (Å²) in [5.74, 6) is 0.128. The molecule has 0 aliphatic carbocycles. The van der Waals surface area contributed by atoms with Gasteiger partial charge in [0.2, 0.25) is 5.91 Å². The highest BCUT2D eigenvalue weighted by Gasteiger charge is 2.27. The Morgan fingerprint density at radius 1 is 1.35 bits per heavy atom. The molecule has 2 rings (SSSR count). The smallest absolute Gasteiger partial charge is 0.240 e. The Morgan fingerprint density at radius 2 is 2.00 bits per heavy atom. The molecule has 23 heavy (non-hydrogen) atoms. The van der Waals surface area contributed by atoms with Crippen LogP contribution in [0.15, 0.2) is 17.2 Å². The lowest BCUT2D eigenvalue weighted by molar-refractivity contribution is -0.121. The molecule has 1 aromatic rings. The predicted octanol–water partition coefficient (Wildman–Crippen LogP) is 3.61. The first-order valence-electron chi connectivity index (χ1n) is 8.20. The molecule has 1 atom stereocenters. The molecule has 0 fully saturated rings. The topological polar surface area (TPSA) is 58.5 Å². The highest BCUT2D eigenvalue weighted by molar-refractivity contribution is 6.07. The summed E-state index contributed by atoms with van der Waals surface area (Å²) in [6, 6.07) is 4.13. The van der Waals surface area contributed by atoms with Crippen molar-refractivity contribution in [2.75, 3.05) is 0 Å². The van der Waals surface area contributed by atoms with Crippen molar-refractivity contribution >= 4 is 17.4 Å². The second-order valence-corrected chi connectivity index (χ2v) is 7.35. The molecule has 124 valence electrons. The first-order chi connectivity index (χ1) is 10.6. The molecular weight excluding hydrogens is 288 g/mol. The van der Waals surface area contributed by atoms with Crippen molar-refractivity contribution in [1.82, 2.24) is 5.43 Å². The van der Waals surface area contributed by atoms with Crippen molar-refractivity contribution < 1.29 is 9.59 Å². The number of carbonyl (C=O) groups excluding carboxylic acids is 2. The van der Waals surface area contributed by atoms with Crippen molar-refractivity contribution in [3.8, 4) is 0 Å². The number of ketones is 1. The lowest BCUT2D eigenvalue weighted by Gasteiger charge is -2.27. The molecule has 4 nitrogen and oxygen atoms in total. The summed E-state index contributed by atoms with van der Waals surface area (Å²) in [7, 11) is 0. The number of benzene rings is 1. The van der Waals surface area contributed by atoms with Gasteiger partial charge in [0.25, 0.3) is 0 Å². The van der Waals surface area contributed by atoms with E-state index in [9.17, 15) is 9.59 Å². The summed E-state index contributed by atoms with van der Waals surface area (Å²) in [5.41, 5.74) is 7.26. The zero-order valence-corrected chi connectivity index (χ0v) is 14.9. The van der Waals surface area contributed by atoms with E-state index in [1.165, 1.54) is 0 Å². The zero-order valence-electron chi connectivity index (χ0n) is 14.9. The molecule has 1 aliphatic rings. The molecule has 0 saturated carbocycles. The van der Waals surface area contributed by atoms with E-state index in [2.05, 4.69) is 50.4 Å². The summed E-state index contributed by atoms with van der Waals surface area (Å²) in [4.78, 5) is 23.7. The maximum Gasteiger partial charge on any atom is 0.240 e. The van der Waals surface area contributed by atoms with Crippen LogP contribution in [-0.4, -0.2) is 17.4 Å². The number of carbonyl (C=O) groups is 2. The van der Waals surface area contributed by atoms with Crippen LogP contribution >= 0.6 is 0 Å². The summed E-state index contributed by atoms with van der Waals surface area (Å²) >= 11 is 0. The highest BCUT2D eigenvalue weighted by atomic mass is 16.2. The van der Waals surface area contributed by atoms with Crippen molar-refractivity contribution in [3.63, 3.8) is 0 Å². The molecule has 1 N–H and O–H groups in total. The number of nitrogens with zero attached hydrogens (tertiary/aromatic N) is 1. The number of hydrazone groups is 1. The van der Waals surface area contributed by atoms with Crippen molar-refractivity contribution in [2.24, 2.45) is 11.0 Å². The van der Waals surface area contributed by atoms with Crippen LogP contribution in [0.5, 0.6) is 0 Å². The van der Waals surface area contributed by atoms with Crippen LogP contribution in [0.1, 0.15) is 75.0 Å². The van der Waals surface area contributed by atoms with Gasteiger partial charge < -0.3 is 0 Å². The van der Waals surface area contributed by atoms with Crippen molar-refractivity contribution in [2.45, 2.75) is 59.8 Å². The molecular formula is C19H26N2O2. The summed E-state index contributed by atoms with van der Waals surface area (Å²) in [6.07, 6.45) is 1.24. The molecule has 0 saturated heterocycles. The summed E-state index contributed by atoms with van der Waals surface area (Å²) in [5, 5.41) is 4.27. The fourth-order valence-electron chi connectivity index (χ4n) is 3.14. The van der Waals surface area contributed by atoms with E-state index < -0.39 is 0 Å². The fraction of sp³-hybridized carbons (Fsp3) is 0.526. The van der Waals surface area contributed by atoms with Crippen LogP contribution in [0.25, 0.3) is 0 Å². The van der Waals surface area contributed by atoms with E-state index in [0.717, 1.165) is 34.4 Å². The lowest BCUT2D eigenvalue weighted by atomic mass is 9.78. The van der Waals surface area contributed by atoms with Crippen molar-refractivity contribution in [3.05, 3.63) is 34.4 Å². The van der Waals surface area contributed by atoms with Gasteiger partial charge in [-0.1, -0.05) is 34.6 Å². The fourth-order valence-corrected chi connectivity index (χ4v) is 3.14. The maximum absolute atomic E-state index is 12.2. The molecule has 0 spiro atoms. The Kier molecular flexibility index (Phi) is 4.73. The first kappa shape index (κ1) is 17.4. The Labute approximate surface area is 138 Å². The third-order valence-electron chi connectivity index (χ3n) is 4.32. The first-order valence-corrected chi connectivity index (χ1v) is 8.20. The van der Waals surface area contributed by atoms with Gasteiger partial charge in [0.05, 0.1) is 5.71 Å². The Morgan fingerprint density at radius 3 is 2.48 bits per heavy atom. The van der Waals surface area contributed by atoms with Gasteiger partial charge in [0.1, 0.15) is 0 Å².